The van der Waals surface area contributed by atoms with E-state index in [1.165, 1.54) is 25.9 Å². The Morgan fingerprint density at radius 3 is 2.52 bits per heavy atom. The Bertz CT molecular complexity index is 505. The highest BCUT2D eigenvalue weighted by Gasteiger charge is 2.27. The summed E-state index contributed by atoms with van der Waals surface area (Å²) >= 11 is 0. The molecule has 0 aliphatic carbocycles. The molecule has 0 bridgehead atoms. The highest BCUT2D eigenvalue weighted by molar-refractivity contribution is 14.0. The molecule has 1 atom stereocenters. The van der Waals surface area contributed by atoms with Crippen LogP contribution in [0.2, 0.25) is 0 Å². The molecular weight excluding hydrogens is 451 g/mol. The monoisotopic (exact) mass is 486 g/mol. The molecule has 2 rings (SSSR count). The molecule has 8 heteroatoms. The van der Waals surface area contributed by atoms with E-state index in [2.05, 4.69) is 27.4 Å². The van der Waals surface area contributed by atoms with Crippen molar-refractivity contribution in [2.24, 2.45) is 16.8 Å². The van der Waals surface area contributed by atoms with Crippen molar-refractivity contribution in [1.29, 1.82) is 0 Å². The topological polar surface area (TPSA) is 73.8 Å². The minimum Gasteiger partial charge on any atom is -0.357 e. The number of likely N-dealkylation sites (tertiary alicyclic amines) is 1. The molecule has 0 amide bonds. The summed E-state index contributed by atoms with van der Waals surface area (Å²) in [4.78, 5) is 7.12. The van der Waals surface area contributed by atoms with E-state index in [0.717, 1.165) is 44.4 Å². The van der Waals surface area contributed by atoms with Gasteiger partial charge in [0, 0.05) is 19.6 Å². The van der Waals surface area contributed by atoms with Crippen molar-refractivity contribution in [2.75, 3.05) is 50.8 Å². The van der Waals surface area contributed by atoms with Crippen LogP contribution in [0, 0.1) is 11.8 Å². The Hall–Kier alpha value is -0.0900. The number of rotatable bonds is 7. The first-order valence-electron chi connectivity index (χ1n) is 9.43. The Morgan fingerprint density at radius 2 is 1.92 bits per heavy atom. The first-order chi connectivity index (χ1) is 11.5. The summed E-state index contributed by atoms with van der Waals surface area (Å²) in [5, 5.41) is 6.62. The number of hydrogen-bond acceptors (Lipinski definition) is 4. The van der Waals surface area contributed by atoms with Gasteiger partial charge in [0.1, 0.15) is 0 Å². The molecule has 0 aromatic rings. The summed E-state index contributed by atoms with van der Waals surface area (Å²) in [5.74, 6) is 2.50. The predicted octanol–water partition coefficient (Wildman–Crippen LogP) is 1.72. The molecule has 0 radical (unpaired) electrons. The Morgan fingerprint density at radius 1 is 1.20 bits per heavy atom. The van der Waals surface area contributed by atoms with Gasteiger partial charge in [-0.15, -0.1) is 24.0 Å². The van der Waals surface area contributed by atoms with Crippen molar-refractivity contribution < 1.29 is 8.42 Å². The van der Waals surface area contributed by atoms with Crippen LogP contribution >= 0.6 is 24.0 Å². The van der Waals surface area contributed by atoms with Gasteiger partial charge in [0.2, 0.25) is 0 Å². The maximum atomic E-state index is 11.5. The molecule has 2 fully saturated rings. The second-order valence-corrected chi connectivity index (χ2v) is 9.52. The third-order valence-electron chi connectivity index (χ3n) is 5.00. The second-order valence-electron chi connectivity index (χ2n) is 7.29. The molecule has 2 aliphatic heterocycles. The van der Waals surface area contributed by atoms with Crippen molar-refractivity contribution in [3.05, 3.63) is 0 Å². The molecule has 0 aromatic heterocycles. The van der Waals surface area contributed by atoms with E-state index < -0.39 is 9.84 Å². The summed E-state index contributed by atoms with van der Waals surface area (Å²) in [6, 6.07) is 0. The zero-order chi connectivity index (χ0) is 17.4. The molecule has 2 aliphatic rings. The number of aliphatic imine (C=N–C) groups is 1. The molecule has 25 heavy (non-hydrogen) atoms. The minimum absolute atomic E-state index is 0. The normalized spacial score (nSPS) is 24.7. The quantitative estimate of drug-likeness (QED) is 0.248. The lowest BCUT2D eigenvalue weighted by molar-refractivity contribution is 0.191. The van der Waals surface area contributed by atoms with E-state index in [4.69, 9.17) is 0 Å². The fraction of sp³-hybridized carbons (Fsp3) is 0.941. The third-order valence-corrected chi connectivity index (χ3v) is 6.84. The van der Waals surface area contributed by atoms with E-state index in [0.29, 0.717) is 18.1 Å². The van der Waals surface area contributed by atoms with Crippen molar-refractivity contribution in [2.45, 2.75) is 39.5 Å². The van der Waals surface area contributed by atoms with Crippen molar-refractivity contribution in [3.63, 3.8) is 0 Å². The van der Waals surface area contributed by atoms with Gasteiger partial charge in [-0.25, -0.2) is 8.42 Å². The Balaban J connectivity index is 0.00000312. The number of guanidine groups is 1. The van der Waals surface area contributed by atoms with E-state index >= 15 is 0 Å². The van der Waals surface area contributed by atoms with Crippen LogP contribution in [0.4, 0.5) is 0 Å². The van der Waals surface area contributed by atoms with Gasteiger partial charge >= 0.3 is 0 Å². The van der Waals surface area contributed by atoms with Gasteiger partial charge in [-0.1, -0.05) is 6.92 Å². The second kappa shape index (κ2) is 11.6. The van der Waals surface area contributed by atoms with Crippen LogP contribution in [0.25, 0.3) is 0 Å². The molecular formula is C17H35IN4O2S. The van der Waals surface area contributed by atoms with Gasteiger partial charge in [0.25, 0.3) is 0 Å². The van der Waals surface area contributed by atoms with Crippen LogP contribution in [-0.2, 0) is 9.84 Å². The lowest BCUT2D eigenvalue weighted by atomic mass is 9.99. The average Bonchev–Trinajstić information content (AvgIpc) is 2.90. The molecule has 2 heterocycles. The maximum absolute atomic E-state index is 11.5. The first-order valence-corrected chi connectivity index (χ1v) is 11.3. The highest BCUT2D eigenvalue weighted by Crippen LogP contribution is 2.18. The summed E-state index contributed by atoms with van der Waals surface area (Å²) in [7, 11) is -2.81. The highest BCUT2D eigenvalue weighted by atomic mass is 127. The van der Waals surface area contributed by atoms with Crippen LogP contribution in [0.3, 0.4) is 0 Å². The van der Waals surface area contributed by atoms with Gasteiger partial charge in [-0.2, -0.15) is 0 Å². The van der Waals surface area contributed by atoms with E-state index in [-0.39, 0.29) is 29.9 Å². The number of halogens is 1. The Labute approximate surface area is 170 Å². The van der Waals surface area contributed by atoms with Crippen LogP contribution in [0.1, 0.15) is 39.5 Å². The standard InChI is InChI=1S/C17H34N4O2S.HI/c1-3-18-17(20-13-16-7-12-24(22,23)14-16)19-8-4-9-21-10-5-15(2)6-11-21;/h15-16H,3-14H2,1-2H3,(H2,18,19,20);1H. The summed E-state index contributed by atoms with van der Waals surface area (Å²) in [6.45, 7) is 10.3. The summed E-state index contributed by atoms with van der Waals surface area (Å²) < 4.78 is 23.0. The van der Waals surface area contributed by atoms with Crippen LogP contribution in [-0.4, -0.2) is 70.1 Å². The largest absolute Gasteiger partial charge is 0.357 e. The first kappa shape index (κ1) is 23.0. The minimum atomic E-state index is -2.81. The van der Waals surface area contributed by atoms with Crippen molar-refractivity contribution in [3.8, 4) is 0 Å². The molecule has 0 spiro atoms. The molecule has 0 aromatic carbocycles. The van der Waals surface area contributed by atoms with Gasteiger partial charge < -0.3 is 15.5 Å². The fourth-order valence-corrected chi connectivity index (χ4v) is 5.22. The van der Waals surface area contributed by atoms with Gasteiger partial charge in [-0.3, -0.25) is 4.99 Å². The smallest absolute Gasteiger partial charge is 0.191 e. The van der Waals surface area contributed by atoms with Crippen LogP contribution < -0.4 is 10.6 Å². The van der Waals surface area contributed by atoms with E-state index in [9.17, 15) is 8.42 Å². The molecule has 2 saturated heterocycles. The third kappa shape index (κ3) is 8.90. The number of nitrogens with one attached hydrogen (secondary N) is 2. The summed E-state index contributed by atoms with van der Waals surface area (Å²) in [6.07, 6.45) is 4.50. The SMILES string of the molecule is CCNC(=NCC1CCS(=O)(=O)C1)NCCCN1CCC(C)CC1.I. The Kier molecular flexibility index (Phi) is 10.6. The summed E-state index contributed by atoms with van der Waals surface area (Å²) in [5.41, 5.74) is 0. The number of piperidine rings is 1. The number of sulfone groups is 1. The van der Waals surface area contributed by atoms with Gasteiger partial charge in [0.15, 0.2) is 15.8 Å². The maximum Gasteiger partial charge on any atom is 0.191 e. The van der Waals surface area contributed by atoms with E-state index in [1.807, 2.05) is 6.92 Å². The number of hydrogen-bond donors (Lipinski definition) is 2. The molecule has 1 unspecified atom stereocenters. The van der Waals surface area contributed by atoms with Gasteiger partial charge in [0.05, 0.1) is 11.5 Å². The van der Waals surface area contributed by atoms with Crippen LogP contribution in [0.5, 0.6) is 0 Å². The lowest BCUT2D eigenvalue weighted by Gasteiger charge is -2.30. The molecule has 6 nitrogen and oxygen atoms in total. The van der Waals surface area contributed by atoms with Crippen LogP contribution in [0.15, 0.2) is 4.99 Å². The predicted molar refractivity (Wildman–Crippen MR) is 116 cm³/mol. The molecule has 0 saturated carbocycles. The molecule has 2 N–H and O–H groups in total. The zero-order valence-electron chi connectivity index (χ0n) is 15.7. The molecule has 148 valence electrons. The van der Waals surface area contributed by atoms with E-state index in [1.54, 1.807) is 0 Å². The number of nitrogens with zero attached hydrogens (tertiary/aromatic N) is 2. The van der Waals surface area contributed by atoms with Crippen molar-refractivity contribution in [1.82, 2.24) is 15.5 Å². The lowest BCUT2D eigenvalue weighted by Crippen LogP contribution is -2.40. The zero-order valence-corrected chi connectivity index (χ0v) is 18.8. The van der Waals surface area contributed by atoms with Crippen molar-refractivity contribution >= 4 is 39.8 Å². The fourth-order valence-electron chi connectivity index (χ4n) is 3.37. The average molecular weight is 486 g/mol. The van der Waals surface area contributed by atoms with Gasteiger partial charge in [-0.05, 0) is 64.1 Å².